The average Bonchev–Trinajstić information content (AvgIpc) is 2.93. The lowest BCUT2D eigenvalue weighted by atomic mass is 10.0. The first-order valence-electron chi connectivity index (χ1n) is 16.7. The minimum absolute atomic E-state index is 0.0351. The summed E-state index contributed by atoms with van der Waals surface area (Å²) in [5.41, 5.74) is 1.58. The number of rotatable bonds is 15. The van der Waals surface area contributed by atoms with Crippen LogP contribution >= 0.6 is 0 Å². The van der Waals surface area contributed by atoms with E-state index >= 15 is 0 Å². The summed E-state index contributed by atoms with van der Waals surface area (Å²) in [4.78, 5) is 0. The fourth-order valence-corrected chi connectivity index (χ4v) is 17.7. The summed E-state index contributed by atoms with van der Waals surface area (Å²) in [5, 5.41) is 12.4. The molecule has 0 unspecified atom stereocenters. The third kappa shape index (κ3) is 8.52. The van der Waals surface area contributed by atoms with Gasteiger partial charge < -0.3 is 18.7 Å². The molecule has 240 valence electrons. The second kappa shape index (κ2) is 15.5. The van der Waals surface area contributed by atoms with E-state index in [1.807, 2.05) is 6.92 Å². The minimum atomic E-state index is -2.61. The quantitative estimate of drug-likeness (QED) is 0.201. The standard InChI is InChI=1S/C37H60O4Si2/c1-28(2)42(29(3)4,30(5)6)41-34-26-32(19-17-18-31(7)38)40-33(27-34)24-25-39-43(37(8,9)10,35-20-13-11-14-21-35)36-22-15-12-16-23-36/h11-16,20-23,26,28-31,33-34,38H,17-19,24-25,27H2,1-10H3/t31-,33+,34-/m1/s1. The predicted octanol–water partition coefficient (Wildman–Crippen LogP) is 8.74. The zero-order valence-electron chi connectivity index (χ0n) is 28.7. The summed E-state index contributed by atoms with van der Waals surface area (Å²) in [5.74, 6) is 1.02. The van der Waals surface area contributed by atoms with E-state index in [9.17, 15) is 5.11 Å². The average molecular weight is 625 g/mol. The van der Waals surface area contributed by atoms with Gasteiger partial charge in [-0.3, -0.25) is 0 Å². The summed E-state index contributed by atoms with van der Waals surface area (Å²) in [6, 6.07) is 21.7. The number of ether oxygens (including phenoxy) is 1. The number of allylic oxidation sites excluding steroid dienone is 1. The normalized spacial score (nSPS) is 19.1. The van der Waals surface area contributed by atoms with Gasteiger partial charge in [-0.1, -0.05) is 123 Å². The maximum absolute atomic E-state index is 9.88. The van der Waals surface area contributed by atoms with Crippen molar-refractivity contribution in [1.29, 1.82) is 0 Å². The molecule has 1 aliphatic heterocycles. The van der Waals surface area contributed by atoms with Gasteiger partial charge in [-0.05, 0) is 57.9 Å². The van der Waals surface area contributed by atoms with Crippen molar-refractivity contribution in [3.63, 3.8) is 0 Å². The molecule has 0 spiro atoms. The molecule has 0 fully saturated rings. The second-order valence-electron chi connectivity index (χ2n) is 14.6. The lowest BCUT2D eigenvalue weighted by Crippen LogP contribution is -2.66. The van der Waals surface area contributed by atoms with Crippen LogP contribution in [0.4, 0.5) is 0 Å². The molecule has 3 atom stereocenters. The van der Waals surface area contributed by atoms with Crippen molar-refractivity contribution >= 4 is 27.0 Å². The number of hydrogen-bond acceptors (Lipinski definition) is 4. The third-order valence-electron chi connectivity index (χ3n) is 9.47. The molecule has 4 nitrogen and oxygen atoms in total. The molecule has 0 saturated heterocycles. The maximum Gasteiger partial charge on any atom is 0.261 e. The molecule has 3 rings (SSSR count). The van der Waals surface area contributed by atoms with Gasteiger partial charge in [0, 0.05) is 25.9 Å². The van der Waals surface area contributed by atoms with E-state index in [1.54, 1.807) is 0 Å². The van der Waals surface area contributed by atoms with E-state index in [0.29, 0.717) is 23.2 Å². The van der Waals surface area contributed by atoms with Crippen LogP contribution in [-0.4, -0.2) is 46.7 Å². The van der Waals surface area contributed by atoms with E-state index in [1.165, 1.54) is 10.4 Å². The Morgan fingerprint density at radius 2 is 1.35 bits per heavy atom. The van der Waals surface area contributed by atoms with E-state index in [-0.39, 0.29) is 23.4 Å². The Morgan fingerprint density at radius 1 is 0.837 bits per heavy atom. The number of aliphatic hydroxyl groups is 1. The molecular formula is C37H60O4Si2. The van der Waals surface area contributed by atoms with Crippen LogP contribution in [0.1, 0.15) is 101 Å². The number of benzene rings is 2. The van der Waals surface area contributed by atoms with Gasteiger partial charge in [0.15, 0.2) is 0 Å². The van der Waals surface area contributed by atoms with Gasteiger partial charge in [-0.2, -0.15) is 0 Å². The highest BCUT2D eigenvalue weighted by molar-refractivity contribution is 6.99. The fourth-order valence-electron chi connectivity index (χ4n) is 7.58. The van der Waals surface area contributed by atoms with E-state index < -0.39 is 16.6 Å². The summed E-state index contributed by atoms with van der Waals surface area (Å²) in [7, 11) is -4.67. The van der Waals surface area contributed by atoms with Crippen molar-refractivity contribution in [2.24, 2.45) is 0 Å². The molecule has 0 saturated carbocycles. The summed E-state index contributed by atoms with van der Waals surface area (Å²) in [6.07, 6.45) is 6.23. The molecule has 1 heterocycles. The minimum Gasteiger partial charge on any atom is -0.495 e. The Balaban J connectivity index is 1.88. The lowest BCUT2D eigenvalue weighted by molar-refractivity contribution is 0.0277. The summed E-state index contributed by atoms with van der Waals surface area (Å²) < 4.78 is 21.2. The van der Waals surface area contributed by atoms with Crippen LogP contribution in [0.15, 0.2) is 72.5 Å². The Hall–Kier alpha value is -1.71. The van der Waals surface area contributed by atoms with Crippen LogP contribution in [0.5, 0.6) is 0 Å². The van der Waals surface area contributed by atoms with Gasteiger partial charge in [0.1, 0.15) is 6.10 Å². The molecule has 0 aromatic heterocycles. The smallest absolute Gasteiger partial charge is 0.261 e. The van der Waals surface area contributed by atoms with E-state index in [2.05, 4.69) is 129 Å². The van der Waals surface area contributed by atoms with Gasteiger partial charge in [0.05, 0.1) is 18.0 Å². The molecule has 0 radical (unpaired) electrons. The molecule has 43 heavy (non-hydrogen) atoms. The SMILES string of the molecule is CC(C)[Si](O[C@@H]1C=C(CCC[C@@H](C)O)O[C@@H](CCO[Si](c2ccccc2)(c2ccccc2)C(C)(C)C)C1)(C(C)C)C(C)C. The molecule has 6 heteroatoms. The monoisotopic (exact) mass is 624 g/mol. The second-order valence-corrected chi connectivity index (χ2v) is 24.3. The molecule has 2 aromatic rings. The number of aliphatic hydroxyl groups excluding tert-OH is 1. The topological polar surface area (TPSA) is 47.9 Å². The van der Waals surface area contributed by atoms with Crippen LogP contribution in [0.2, 0.25) is 21.7 Å². The van der Waals surface area contributed by atoms with Gasteiger partial charge in [0.25, 0.3) is 8.32 Å². The van der Waals surface area contributed by atoms with E-state index in [4.69, 9.17) is 13.6 Å². The van der Waals surface area contributed by atoms with Crippen molar-refractivity contribution in [1.82, 2.24) is 0 Å². The van der Waals surface area contributed by atoms with Crippen LogP contribution in [0.3, 0.4) is 0 Å². The van der Waals surface area contributed by atoms with Crippen LogP contribution < -0.4 is 10.4 Å². The van der Waals surface area contributed by atoms with Gasteiger partial charge in [-0.15, -0.1) is 0 Å². The van der Waals surface area contributed by atoms with Crippen molar-refractivity contribution in [2.45, 2.75) is 141 Å². The van der Waals surface area contributed by atoms with Crippen molar-refractivity contribution in [2.75, 3.05) is 6.61 Å². The van der Waals surface area contributed by atoms with Gasteiger partial charge >= 0.3 is 0 Å². The van der Waals surface area contributed by atoms with Gasteiger partial charge in [0.2, 0.25) is 8.32 Å². The van der Waals surface area contributed by atoms with E-state index in [0.717, 1.165) is 37.9 Å². The zero-order valence-corrected chi connectivity index (χ0v) is 30.7. The van der Waals surface area contributed by atoms with Gasteiger partial charge in [-0.25, -0.2) is 0 Å². The van der Waals surface area contributed by atoms with Crippen LogP contribution in [0.25, 0.3) is 0 Å². The highest BCUT2D eigenvalue weighted by Crippen LogP contribution is 2.44. The predicted molar refractivity (Wildman–Crippen MR) is 187 cm³/mol. The Bertz CT molecular complexity index is 1060. The largest absolute Gasteiger partial charge is 0.495 e. The van der Waals surface area contributed by atoms with Crippen molar-refractivity contribution in [3.8, 4) is 0 Å². The Morgan fingerprint density at radius 3 is 1.79 bits per heavy atom. The van der Waals surface area contributed by atoms with Crippen LogP contribution in [-0.2, 0) is 13.6 Å². The van der Waals surface area contributed by atoms with Crippen molar-refractivity contribution in [3.05, 3.63) is 72.5 Å². The first-order valence-corrected chi connectivity index (χ1v) is 20.8. The third-order valence-corrected chi connectivity index (χ3v) is 20.6. The molecule has 0 aliphatic carbocycles. The first kappa shape index (κ1) is 35.8. The zero-order chi connectivity index (χ0) is 31.8. The highest BCUT2D eigenvalue weighted by atomic mass is 28.4. The van der Waals surface area contributed by atoms with Crippen LogP contribution in [0, 0.1) is 0 Å². The maximum atomic E-state index is 9.88. The molecule has 2 aromatic carbocycles. The molecule has 1 aliphatic rings. The summed E-state index contributed by atoms with van der Waals surface area (Å²) in [6.45, 7) is 23.6. The molecular weight excluding hydrogens is 565 g/mol. The molecule has 0 bridgehead atoms. The first-order chi connectivity index (χ1) is 20.2. The Kier molecular flexibility index (Phi) is 12.9. The highest BCUT2D eigenvalue weighted by Gasteiger charge is 2.50. The lowest BCUT2D eigenvalue weighted by Gasteiger charge is -2.46. The fraction of sp³-hybridized carbons (Fsp3) is 0.622. The molecule has 1 N–H and O–H groups in total. The Labute approximate surface area is 265 Å². The summed E-state index contributed by atoms with van der Waals surface area (Å²) >= 11 is 0. The van der Waals surface area contributed by atoms with Crippen molar-refractivity contribution < 1.29 is 18.7 Å². The molecule has 0 amide bonds. The number of hydrogen-bond donors (Lipinski definition) is 1.